The van der Waals surface area contributed by atoms with Crippen molar-refractivity contribution in [2.24, 2.45) is 0 Å². The number of rotatable bonds is 4. The number of nitrogens with one attached hydrogen (secondary N) is 1. The first-order valence-electron chi connectivity index (χ1n) is 10.1. The van der Waals surface area contributed by atoms with Crippen molar-refractivity contribution in [2.75, 3.05) is 25.1 Å². The Labute approximate surface area is 171 Å². The third-order valence-electron chi connectivity index (χ3n) is 5.60. The van der Waals surface area contributed by atoms with Crippen LogP contribution in [0.25, 0.3) is 10.9 Å². The van der Waals surface area contributed by atoms with Crippen LogP contribution in [0.1, 0.15) is 34.5 Å². The number of aromatic nitrogens is 1. The highest BCUT2D eigenvalue weighted by Crippen LogP contribution is 2.24. The Hall–Kier alpha value is -3.08. The second-order valence-electron chi connectivity index (χ2n) is 7.76. The molecular weight excluding hydrogens is 362 g/mol. The number of anilines is 1. The first-order chi connectivity index (χ1) is 14.0. The van der Waals surface area contributed by atoms with Gasteiger partial charge in [-0.15, -0.1) is 0 Å². The Morgan fingerprint density at radius 1 is 1.07 bits per heavy atom. The maximum Gasteiger partial charge on any atom is 0.252 e. The largest absolute Gasteiger partial charge is 0.497 e. The average Bonchev–Trinajstić information content (AvgIpc) is 2.74. The van der Waals surface area contributed by atoms with E-state index in [0.717, 1.165) is 53.8 Å². The van der Waals surface area contributed by atoms with Crippen LogP contribution in [0.3, 0.4) is 0 Å². The molecule has 3 aromatic rings. The van der Waals surface area contributed by atoms with Gasteiger partial charge >= 0.3 is 0 Å². The van der Waals surface area contributed by atoms with Crippen molar-refractivity contribution < 1.29 is 9.53 Å². The normalized spacial score (nSPS) is 14.8. The molecule has 1 amide bonds. The van der Waals surface area contributed by atoms with Gasteiger partial charge in [-0.1, -0.05) is 11.6 Å². The summed E-state index contributed by atoms with van der Waals surface area (Å²) in [5.74, 6) is 0.861. The van der Waals surface area contributed by atoms with Crippen LogP contribution in [0.5, 0.6) is 5.75 Å². The predicted octanol–water partition coefficient (Wildman–Crippen LogP) is 4.26. The van der Waals surface area contributed by atoms with E-state index in [1.807, 2.05) is 50.2 Å². The molecule has 1 aliphatic heterocycles. The van der Waals surface area contributed by atoms with Crippen molar-refractivity contribution in [2.45, 2.75) is 32.7 Å². The van der Waals surface area contributed by atoms with Gasteiger partial charge in [0.15, 0.2) is 0 Å². The van der Waals surface area contributed by atoms with E-state index in [9.17, 15) is 4.79 Å². The molecule has 0 spiro atoms. The molecule has 1 aromatic heterocycles. The van der Waals surface area contributed by atoms with Gasteiger partial charge in [-0.2, -0.15) is 0 Å². The summed E-state index contributed by atoms with van der Waals surface area (Å²) in [5.41, 5.74) is 4.77. The summed E-state index contributed by atoms with van der Waals surface area (Å²) in [6, 6.07) is 16.3. The first-order valence-corrected chi connectivity index (χ1v) is 10.1. The molecule has 4 rings (SSSR count). The van der Waals surface area contributed by atoms with Gasteiger partial charge in [-0.3, -0.25) is 9.78 Å². The third-order valence-corrected chi connectivity index (χ3v) is 5.60. The number of aryl methyl sites for hydroxylation is 2. The van der Waals surface area contributed by atoms with Gasteiger partial charge in [-0.05, 0) is 69.2 Å². The molecule has 150 valence electrons. The molecule has 0 aliphatic carbocycles. The number of pyridine rings is 1. The van der Waals surface area contributed by atoms with Crippen molar-refractivity contribution in [1.82, 2.24) is 10.3 Å². The van der Waals surface area contributed by atoms with E-state index in [2.05, 4.69) is 27.3 Å². The van der Waals surface area contributed by atoms with E-state index in [-0.39, 0.29) is 11.9 Å². The molecule has 1 aliphatic rings. The van der Waals surface area contributed by atoms with Crippen LogP contribution in [0.2, 0.25) is 0 Å². The molecule has 0 saturated carbocycles. The van der Waals surface area contributed by atoms with Crippen molar-refractivity contribution in [3.63, 3.8) is 0 Å². The lowest BCUT2D eigenvalue weighted by atomic mass is 10.0. The lowest BCUT2D eigenvalue weighted by Gasteiger charge is -2.34. The van der Waals surface area contributed by atoms with E-state index >= 15 is 0 Å². The number of methoxy groups -OCH3 is 1. The maximum absolute atomic E-state index is 13.0. The molecule has 1 N–H and O–H groups in total. The van der Waals surface area contributed by atoms with E-state index in [4.69, 9.17) is 4.74 Å². The molecule has 0 atom stereocenters. The van der Waals surface area contributed by atoms with Gasteiger partial charge in [0.2, 0.25) is 0 Å². The van der Waals surface area contributed by atoms with Gasteiger partial charge in [0.25, 0.3) is 5.91 Å². The number of piperidine rings is 1. The summed E-state index contributed by atoms with van der Waals surface area (Å²) in [5, 5.41) is 4.17. The Morgan fingerprint density at radius 2 is 1.79 bits per heavy atom. The zero-order valence-electron chi connectivity index (χ0n) is 17.2. The molecule has 5 heteroatoms. The Kier molecular flexibility index (Phi) is 5.38. The highest BCUT2D eigenvalue weighted by Gasteiger charge is 2.22. The average molecular weight is 389 g/mol. The molecule has 0 unspecified atom stereocenters. The Bertz CT molecular complexity index is 1020. The first kappa shape index (κ1) is 19.2. The monoisotopic (exact) mass is 389 g/mol. The lowest BCUT2D eigenvalue weighted by molar-refractivity contribution is 0.0932. The topological polar surface area (TPSA) is 54.5 Å². The summed E-state index contributed by atoms with van der Waals surface area (Å²) in [4.78, 5) is 20.0. The molecule has 0 bridgehead atoms. The molecule has 29 heavy (non-hydrogen) atoms. The van der Waals surface area contributed by atoms with Gasteiger partial charge in [0, 0.05) is 35.9 Å². The minimum Gasteiger partial charge on any atom is -0.497 e. The van der Waals surface area contributed by atoms with Crippen LogP contribution < -0.4 is 15.0 Å². The molecule has 5 nitrogen and oxygen atoms in total. The van der Waals surface area contributed by atoms with Crippen molar-refractivity contribution >= 4 is 22.5 Å². The zero-order valence-corrected chi connectivity index (χ0v) is 17.2. The van der Waals surface area contributed by atoms with Gasteiger partial charge in [0.05, 0.1) is 18.2 Å². The summed E-state index contributed by atoms with van der Waals surface area (Å²) in [6.07, 6.45) is 1.86. The number of amides is 1. The lowest BCUT2D eigenvalue weighted by Crippen LogP contribution is -2.44. The fourth-order valence-corrected chi connectivity index (χ4v) is 4.00. The molecular formula is C24H27N3O2. The Morgan fingerprint density at radius 3 is 2.48 bits per heavy atom. The minimum atomic E-state index is -0.00556. The van der Waals surface area contributed by atoms with E-state index in [1.165, 1.54) is 5.69 Å². The number of carbonyl (C=O) groups excluding carboxylic acids is 1. The molecule has 1 fully saturated rings. The van der Waals surface area contributed by atoms with E-state index < -0.39 is 0 Å². The third kappa shape index (κ3) is 4.19. The van der Waals surface area contributed by atoms with Crippen LogP contribution in [-0.4, -0.2) is 37.1 Å². The number of nitrogens with zero attached hydrogens (tertiary/aromatic N) is 2. The van der Waals surface area contributed by atoms with Gasteiger partial charge < -0.3 is 15.0 Å². The molecule has 2 aromatic carbocycles. The number of carbonyl (C=O) groups is 1. The minimum absolute atomic E-state index is 0.00556. The zero-order chi connectivity index (χ0) is 20.4. The smallest absolute Gasteiger partial charge is 0.252 e. The number of ether oxygens (including phenoxy) is 1. The number of hydrogen-bond acceptors (Lipinski definition) is 4. The SMILES string of the molecule is COc1ccc(N2CCC(NC(=O)c3cc(C)nc4ccc(C)cc34)CC2)cc1. The predicted molar refractivity (Wildman–Crippen MR) is 117 cm³/mol. The fraction of sp³-hybridized carbons (Fsp3) is 0.333. The molecule has 1 saturated heterocycles. The molecule has 2 heterocycles. The Balaban J connectivity index is 1.44. The van der Waals surface area contributed by atoms with Crippen molar-refractivity contribution in [1.29, 1.82) is 0 Å². The summed E-state index contributed by atoms with van der Waals surface area (Å²) >= 11 is 0. The highest BCUT2D eigenvalue weighted by atomic mass is 16.5. The van der Waals surface area contributed by atoms with E-state index in [0.29, 0.717) is 5.56 Å². The number of hydrogen-bond donors (Lipinski definition) is 1. The summed E-state index contributed by atoms with van der Waals surface area (Å²) in [6.45, 7) is 5.82. The van der Waals surface area contributed by atoms with Crippen LogP contribution in [-0.2, 0) is 0 Å². The second-order valence-corrected chi connectivity index (χ2v) is 7.76. The standard InChI is InChI=1S/C24H27N3O2/c1-16-4-9-23-21(14-16)22(15-17(2)25-23)24(28)26-18-10-12-27(13-11-18)19-5-7-20(29-3)8-6-19/h4-9,14-15,18H,10-13H2,1-3H3,(H,26,28). The maximum atomic E-state index is 13.0. The fourth-order valence-electron chi connectivity index (χ4n) is 4.00. The quantitative estimate of drug-likeness (QED) is 0.724. The number of fused-ring (bicyclic) bond motifs is 1. The van der Waals surface area contributed by atoms with Crippen molar-refractivity contribution in [3.05, 3.63) is 65.4 Å². The van der Waals surface area contributed by atoms with Crippen LogP contribution >= 0.6 is 0 Å². The highest BCUT2D eigenvalue weighted by molar-refractivity contribution is 6.06. The summed E-state index contributed by atoms with van der Waals surface area (Å²) < 4.78 is 5.24. The van der Waals surface area contributed by atoms with Crippen molar-refractivity contribution in [3.8, 4) is 5.75 Å². The van der Waals surface area contributed by atoms with E-state index in [1.54, 1.807) is 7.11 Å². The van der Waals surface area contributed by atoms with Crippen LogP contribution in [0, 0.1) is 13.8 Å². The second kappa shape index (κ2) is 8.11. The summed E-state index contributed by atoms with van der Waals surface area (Å²) in [7, 11) is 1.68. The number of benzene rings is 2. The van der Waals surface area contributed by atoms with Gasteiger partial charge in [-0.25, -0.2) is 0 Å². The van der Waals surface area contributed by atoms with Gasteiger partial charge in [0.1, 0.15) is 5.75 Å². The van der Waals surface area contributed by atoms with Crippen LogP contribution in [0.15, 0.2) is 48.5 Å². The molecule has 0 radical (unpaired) electrons. The van der Waals surface area contributed by atoms with Crippen LogP contribution in [0.4, 0.5) is 5.69 Å².